The number of aryl methyl sites for hydroxylation is 1. The van der Waals surface area contributed by atoms with Crippen molar-refractivity contribution >= 4 is 0 Å². The third-order valence-electron chi connectivity index (χ3n) is 4.17. The molecule has 0 fully saturated rings. The number of benzene rings is 2. The zero-order chi connectivity index (χ0) is 15.2. The number of fused-ring (bicyclic) bond motifs is 1. The maximum absolute atomic E-state index is 6.05. The molecule has 1 aliphatic heterocycles. The SMILES string of the molecule is C[C@@H]([NH2+]CCCc1ccccc1)[C@H]1COc2ccccc2O1. The maximum Gasteiger partial charge on any atom is 0.184 e. The summed E-state index contributed by atoms with van der Waals surface area (Å²) >= 11 is 0. The Morgan fingerprint density at radius 1 is 1.05 bits per heavy atom. The summed E-state index contributed by atoms with van der Waals surface area (Å²) in [5.41, 5.74) is 1.41. The fourth-order valence-electron chi connectivity index (χ4n) is 2.78. The van der Waals surface area contributed by atoms with Gasteiger partial charge in [-0.3, -0.25) is 0 Å². The summed E-state index contributed by atoms with van der Waals surface area (Å²) in [6.45, 7) is 3.95. The third-order valence-corrected chi connectivity index (χ3v) is 4.17. The van der Waals surface area contributed by atoms with E-state index in [9.17, 15) is 0 Å². The van der Waals surface area contributed by atoms with E-state index in [1.165, 1.54) is 12.0 Å². The minimum absolute atomic E-state index is 0.117. The van der Waals surface area contributed by atoms with Crippen LogP contribution in [0.1, 0.15) is 18.9 Å². The van der Waals surface area contributed by atoms with Crippen molar-refractivity contribution in [2.75, 3.05) is 13.2 Å². The molecule has 3 rings (SSSR count). The van der Waals surface area contributed by atoms with E-state index in [0.29, 0.717) is 12.6 Å². The molecule has 2 N–H and O–H groups in total. The van der Waals surface area contributed by atoms with Gasteiger partial charge in [0.25, 0.3) is 0 Å². The van der Waals surface area contributed by atoms with Gasteiger partial charge in [0.2, 0.25) is 0 Å². The first-order valence-corrected chi connectivity index (χ1v) is 8.08. The average Bonchev–Trinajstić information content (AvgIpc) is 2.59. The van der Waals surface area contributed by atoms with Gasteiger partial charge < -0.3 is 14.8 Å². The quantitative estimate of drug-likeness (QED) is 0.831. The molecule has 1 heterocycles. The predicted molar refractivity (Wildman–Crippen MR) is 87.4 cm³/mol. The molecular formula is C19H24NO2+. The molecule has 0 aromatic heterocycles. The lowest BCUT2D eigenvalue weighted by atomic mass is 10.1. The van der Waals surface area contributed by atoms with E-state index in [1.807, 2.05) is 24.3 Å². The molecule has 0 spiro atoms. The Morgan fingerprint density at radius 3 is 2.59 bits per heavy atom. The summed E-state index contributed by atoms with van der Waals surface area (Å²) in [5.74, 6) is 1.72. The van der Waals surface area contributed by atoms with E-state index >= 15 is 0 Å². The van der Waals surface area contributed by atoms with Crippen molar-refractivity contribution in [1.82, 2.24) is 0 Å². The van der Waals surface area contributed by atoms with Gasteiger partial charge in [0.05, 0.1) is 6.54 Å². The Kier molecular flexibility index (Phi) is 4.96. The Labute approximate surface area is 132 Å². The molecule has 2 aromatic rings. The summed E-state index contributed by atoms with van der Waals surface area (Å²) in [7, 11) is 0. The molecule has 116 valence electrons. The van der Waals surface area contributed by atoms with Crippen LogP contribution in [0.4, 0.5) is 0 Å². The van der Waals surface area contributed by atoms with Crippen molar-refractivity contribution in [2.45, 2.75) is 31.9 Å². The molecule has 0 saturated heterocycles. The Bertz CT molecular complexity index is 585. The minimum Gasteiger partial charge on any atom is -0.486 e. The van der Waals surface area contributed by atoms with Crippen LogP contribution in [-0.2, 0) is 6.42 Å². The summed E-state index contributed by atoms with van der Waals surface area (Å²) in [4.78, 5) is 0. The van der Waals surface area contributed by atoms with E-state index in [-0.39, 0.29) is 6.10 Å². The predicted octanol–water partition coefficient (Wildman–Crippen LogP) is 2.41. The van der Waals surface area contributed by atoms with E-state index in [4.69, 9.17) is 9.47 Å². The normalized spacial score (nSPS) is 18.0. The highest BCUT2D eigenvalue weighted by Crippen LogP contribution is 2.31. The van der Waals surface area contributed by atoms with Gasteiger partial charge in [0, 0.05) is 6.42 Å². The molecule has 0 amide bonds. The first-order valence-electron chi connectivity index (χ1n) is 8.08. The number of ether oxygens (including phenoxy) is 2. The Hall–Kier alpha value is -2.00. The van der Waals surface area contributed by atoms with Gasteiger partial charge in [0.1, 0.15) is 12.6 Å². The Morgan fingerprint density at radius 2 is 1.77 bits per heavy atom. The fraction of sp³-hybridized carbons (Fsp3) is 0.368. The summed E-state index contributed by atoms with van der Waals surface area (Å²) in [5, 5.41) is 2.37. The molecule has 0 saturated carbocycles. The van der Waals surface area contributed by atoms with E-state index < -0.39 is 0 Å². The summed E-state index contributed by atoms with van der Waals surface area (Å²) in [6.07, 6.45) is 2.43. The van der Waals surface area contributed by atoms with Crippen LogP contribution in [0.5, 0.6) is 11.5 Å². The molecule has 3 nitrogen and oxygen atoms in total. The second-order valence-corrected chi connectivity index (χ2v) is 5.89. The van der Waals surface area contributed by atoms with Crippen LogP contribution in [0.2, 0.25) is 0 Å². The van der Waals surface area contributed by atoms with Gasteiger partial charge in [-0.15, -0.1) is 0 Å². The van der Waals surface area contributed by atoms with Crippen molar-refractivity contribution in [3.8, 4) is 11.5 Å². The fourth-order valence-corrected chi connectivity index (χ4v) is 2.78. The van der Waals surface area contributed by atoms with Crippen molar-refractivity contribution < 1.29 is 14.8 Å². The van der Waals surface area contributed by atoms with Crippen LogP contribution in [0.15, 0.2) is 54.6 Å². The average molecular weight is 298 g/mol. The lowest BCUT2D eigenvalue weighted by molar-refractivity contribution is -0.692. The summed E-state index contributed by atoms with van der Waals surface area (Å²) < 4.78 is 11.8. The van der Waals surface area contributed by atoms with Crippen molar-refractivity contribution in [3.05, 3.63) is 60.2 Å². The first-order chi connectivity index (χ1) is 10.8. The molecule has 0 aliphatic carbocycles. The smallest absolute Gasteiger partial charge is 0.184 e. The molecule has 0 radical (unpaired) electrons. The van der Waals surface area contributed by atoms with Gasteiger partial charge >= 0.3 is 0 Å². The number of para-hydroxylation sites is 2. The van der Waals surface area contributed by atoms with E-state index in [0.717, 1.165) is 24.5 Å². The zero-order valence-corrected chi connectivity index (χ0v) is 13.1. The number of nitrogens with two attached hydrogens (primary N) is 1. The number of quaternary nitrogens is 1. The van der Waals surface area contributed by atoms with Gasteiger partial charge in [-0.2, -0.15) is 0 Å². The van der Waals surface area contributed by atoms with E-state index in [1.54, 1.807) is 0 Å². The maximum atomic E-state index is 6.05. The molecule has 1 aliphatic rings. The van der Waals surface area contributed by atoms with Gasteiger partial charge in [-0.1, -0.05) is 42.5 Å². The molecule has 3 heteroatoms. The standard InChI is InChI=1S/C19H23NO2/c1-15(20-13-7-10-16-8-3-2-4-9-16)19-14-21-17-11-5-6-12-18(17)22-19/h2-6,8-9,11-12,15,19-20H,7,10,13-14H2,1H3/p+1/t15-,19-/m1/s1. The molecule has 2 aromatic carbocycles. The Balaban J connectivity index is 1.42. The van der Waals surface area contributed by atoms with Crippen LogP contribution in [0.3, 0.4) is 0 Å². The number of rotatable bonds is 6. The highest BCUT2D eigenvalue weighted by atomic mass is 16.6. The second-order valence-electron chi connectivity index (χ2n) is 5.89. The molecule has 0 unspecified atom stereocenters. The first kappa shape index (κ1) is 14.9. The highest BCUT2D eigenvalue weighted by molar-refractivity contribution is 5.40. The number of hydrogen-bond donors (Lipinski definition) is 1. The van der Waals surface area contributed by atoms with Crippen LogP contribution < -0.4 is 14.8 Å². The summed E-state index contributed by atoms with van der Waals surface area (Å²) in [6, 6.07) is 18.9. The van der Waals surface area contributed by atoms with Crippen molar-refractivity contribution in [1.29, 1.82) is 0 Å². The van der Waals surface area contributed by atoms with Crippen LogP contribution in [0.25, 0.3) is 0 Å². The van der Waals surface area contributed by atoms with Crippen molar-refractivity contribution in [2.24, 2.45) is 0 Å². The van der Waals surface area contributed by atoms with Crippen molar-refractivity contribution in [3.63, 3.8) is 0 Å². The van der Waals surface area contributed by atoms with Crippen LogP contribution >= 0.6 is 0 Å². The molecule has 2 atom stereocenters. The lowest BCUT2D eigenvalue weighted by Crippen LogP contribution is -2.92. The monoisotopic (exact) mass is 298 g/mol. The van der Waals surface area contributed by atoms with Crippen LogP contribution in [-0.4, -0.2) is 25.3 Å². The number of hydrogen-bond acceptors (Lipinski definition) is 2. The van der Waals surface area contributed by atoms with Gasteiger partial charge in [0.15, 0.2) is 17.6 Å². The minimum atomic E-state index is 0.117. The zero-order valence-electron chi connectivity index (χ0n) is 13.1. The molecule has 22 heavy (non-hydrogen) atoms. The molecule has 0 bridgehead atoms. The molecular weight excluding hydrogens is 274 g/mol. The van der Waals surface area contributed by atoms with Gasteiger partial charge in [-0.05, 0) is 31.0 Å². The van der Waals surface area contributed by atoms with Gasteiger partial charge in [-0.25, -0.2) is 0 Å². The van der Waals surface area contributed by atoms with E-state index in [2.05, 4.69) is 42.6 Å². The highest BCUT2D eigenvalue weighted by Gasteiger charge is 2.27. The second kappa shape index (κ2) is 7.32. The largest absolute Gasteiger partial charge is 0.486 e. The topological polar surface area (TPSA) is 35.1 Å². The van der Waals surface area contributed by atoms with Crippen LogP contribution in [0, 0.1) is 0 Å². The third kappa shape index (κ3) is 3.80. The lowest BCUT2D eigenvalue weighted by Gasteiger charge is -2.29.